The number of methoxy groups -OCH3 is 1. The second-order valence-corrected chi connectivity index (χ2v) is 2.46. The van der Waals surface area contributed by atoms with E-state index in [0.717, 1.165) is 7.11 Å². The van der Waals surface area contributed by atoms with Gasteiger partial charge in [-0.3, -0.25) is 4.79 Å². The highest BCUT2D eigenvalue weighted by atomic mass is 16.5. The van der Waals surface area contributed by atoms with Crippen LogP contribution in [0.5, 0.6) is 0 Å². The second-order valence-electron chi connectivity index (χ2n) is 2.46. The van der Waals surface area contributed by atoms with Crippen molar-refractivity contribution in [2.45, 2.75) is 18.9 Å². The minimum atomic E-state index is -1.29. The second kappa shape index (κ2) is 5.79. The monoisotopic (exact) mass is 205 g/mol. The summed E-state index contributed by atoms with van der Waals surface area (Å²) in [6, 6.07) is -1.24. The maximum Gasteiger partial charge on any atom is 0.407 e. The molecule has 1 amide bonds. The molecular weight excluding hydrogens is 194 g/mol. The lowest BCUT2D eigenvalue weighted by Gasteiger charge is -2.11. The van der Waals surface area contributed by atoms with Crippen LogP contribution < -0.4 is 5.32 Å². The van der Waals surface area contributed by atoms with Crippen molar-refractivity contribution >= 4 is 18.0 Å². The lowest BCUT2D eigenvalue weighted by Crippen LogP contribution is -2.40. The number of rotatable bonds is 5. The fourth-order valence-corrected chi connectivity index (χ4v) is 0.726. The first kappa shape index (κ1) is 12.2. The summed E-state index contributed by atoms with van der Waals surface area (Å²) >= 11 is 0. The lowest BCUT2D eigenvalue weighted by atomic mass is 10.1. The molecule has 3 N–H and O–H groups in total. The number of hydrogen-bond acceptors (Lipinski definition) is 4. The molecule has 0 fully saturated rings. The molecule has 0 aliphatic carbocycles. The first-order valence-electron chi connectivity index (χ1n) is 3.76. The van der Waals surface area contributed by atoms with Crippen LogP contribution in [0.3, 0.4) is 0 Å². The van der Waals surface area contributed by atoms with E-state index in [1.807, 2.05) is 5.32 Å². The number of ether oxygens (including phenoxy) is 1. The summed E-state index contributed by atoms with van der Waals surface area (Å²) in [5.41, 5.74) is 0. The number of amides is 1. The highest BCUT2D eigenvalue weighted by Crippen LogP contribution is 1.98. The predicted octanol–water partition coefficient (Wildman–Crippen LogP) is -0.340. The molecular formula is C7H11NO6. The molecule has 7 heteroatoms. The molecule has 0 aliphatic heterocycles. The number of carbonyl (C=O) groups is 3. The Kier molecular flexibility index (Phi) is 5.05. The zero-order valence-corrected chi connectivity index (χ0v) is 7.52. The van der Waals surface area contributed by atoms with Gasteiger partial charge in [-0.05, 0) is 6.42 Å². The molecule has 0 saturated carbocycles. The normalized spacial score (nSPS) is 11.5. The van der Waals surface area contributed by atoms with Gasteiger partial charge < -0.3 is 20.3 Å². The molecule has 7 nitrogen and oxygen atoms in total. The molecule has 0 aromatic heterocycles. The van der Waals surface area contributed by atoms with Gasteiger partial charge in [0.15, 0.2) is 0 Å². The zero-order chi connectivity index (χ0) is 11.1. The number of alkyl carbamates (subject to hydrolysis) is 1. The molecule has 0 heterocycles. The number of nitrogens with one attached hydrogen (secondary N) is 1. The van der Waals surface area contributed by atoms with E-state index in [0.29, 0.717) is 0 Å². The average Bonchev–Trinajstić information content (AvgIpc) is 2.10. The van der Waals surface area contributed by atoms with Crippen molar-refractivity contribution in [1.82, 2.24) is 5.32 Å². The topological polar surface area (TPSA) is 113 Å². The molecule has 1 atom stereocenters. The van der Waals surface area contributed by atoms with Crippen molar-refractivity contribution in [3.63, 3.8) is 0 Å². The SMILES string of the molecule is COC(=O)N[C@@H](CCC(=O)O)C(=O)O. The Morgan fingerprint density at radius 2 is 1.93 bits per heavy atom. The van der Waals surface area contributed by atoms with Crippen molar-refractivity contribution < 1.29 is 29.3 Å². The molecule has 0 bridgehead atoms. The Hall–Kier alpha value is -1.79. The van der Waals surface area contributed by atoms with Crippen LogP contribution >= 0.6 is 0 Å². The van der Waals surface area contributed by atoms with Crippen molar-refractivity contribution in [1.29, 1.82) is 0 Å². The van der Waals surface area contributed by atoms with Crippen molar-refractivity contribution in [3.8, 4) is 0 Å². The summed E-state index contributed by atoms with van der Waals surface area (Å²) in [5.74, 6) is -2.42. The van der Waals surface area contributed by atoms with E-state index < -0.39 is 24.1 Å². The summed E-state index contributed by atoms with van der Waals surface area (Å²) < 4.78 is 4.18. The summed E-state index contributed by atoms with van der Waals surface area (Å²) in [6.07, 6.45) is -1.41. The molecule has 0 saturated heterocycles. The van der Waals surface area contributed by atoms with Gasteiger partial charge in [0, 0.05) is 6.42 Å². The van der Waals surface area contributed by atoms with E-state index in [-0.39, 0.29) is 12.8 Å². The minimum absolute atomic E-state index is 0.181. The van der Waals surface area contributed by atoms with E-state index in [1.54, 1.807) is 0 Å². The third kappa shape index (κ3) is 4.96. The summed E-state index contributed by atoms with van der Waals surface area (Å²) in [6.45, 7) is 0. The van der Waals surface area contributed by atoms with Crippen molar-refractivity contribution in [3.05, 3.63) is 0 Å². The Balaban J connectivity index is 4.09. The van der Waals surface area contributed by atoms with Gasteiger partial charge in [-0.1, -0.05) is 0 Å². The smallest absolute Gasteiger partial charge is 0.407 e. The number of hydrogen-bond donors (Lipinski definition) is 3. The number of carboxylic acid groups (broad SMARTS) is 2. The van der Waals surface area contributed by atoms with Crippen molar-refractivity contribution in [2.75, 3.05) is 7.11 Å². The van der Waals surface area contributed by atoms with Gasteiger partial charge >= 0.3 is 18.0 Å². The summed E-state index contributed by atoms with van der Waals surface area (Å²) in [7, 11) is 1.09. The summed E-state index contributed by atoms with van der Waals surface area (Å²) in [5, 5.41) is 18.9. The summed E-state index contributed by atoms with van der Waals surface area (Å²) in [4.78, 5) is 31.3. The molecule has 0 aromatic carbocycles. The van der Waals surface area contributed by atoms with Crippen LogP contribution in [-0.4, -0.2) is 41.4 Å². The Labute approximate surface area is 79.7 Å². The van der Waals surface area contributed by atoms with Gasteiger partial charge in [-0.15, -0.1) is 0 Å². The average molecular weight is 205 g/mol. The lowest BCUT2D eigenvalue weighted by molar-refractivity contribution is -0.140. The van der Waals surface area contributed by atoms with E-state index >= 15 is 0 Å². The Morgan fingerprint density at radius 1 is 1.36 bits per heavy atom. The third-order valence-corrected chi connectivity index (χ3v) is 1.42. The number of aliphatic carboxylic acids is 2. The number of carbonyl (C=O) groups excluding carboxylic acids is 1. The van der Waals surface area contributed by atoms with Gasteiger partial charge in [0.05, 0.1) is 7.11 Å². The fourth-order valence-electron chi connectivity index (χ4n) is 0.726. The van der Waals surface area contributed by atoms with Gasteiger partial charge in [0.1, 0.15) is 6.04 Å². The minimum Gasteiger partial charge on any atom is -0.481 e. The van der Waals surface area contributed by atoms with Gasteiger partial charge in [0.25, 0.3) is 0 Å². The zero-order valence-electron chi connectivity index (χ0n) is 7.52. The van der Waals surface area contributed by atoms with Crippen LogP contribution in [0.1, 0.15) is 12.8 Å². The molecule has 0 spiro atoms. The van der Waals surface area contributed by atoms with Crippen LogP contribution in [0.25, 0.3) is 0 Å². The first-order valence-corrected chi connectivity index (χ1v) is 3.76. The van der Waals surface area contributed by atoms with Gasteiger partial charge in [-0.2, -0.15) is 0 Å². The van der Waals surface area contributed by atoms with Crippen molar-refractivity contribution in [2.24, 2.45) is 0 Å². The molecule has 0 aromatic rings. The number of carboxylic acids is 2. The van der Waals surface area contributed by atoms with E-state index in [4.69, 9.17) is 10.2 Å². The third-order valence-electron chi connectivity index (χ3n) is 1.42. The first-order chi connectivity index (χ1) is 6.47. The van der Waals surface area contributed by atoms with E-state index in [2.05, 4.69) is 4.74 Å². The van der Waals surface area contributed by atoms with E-state index in [1.165, 1.54) is 0 Å². The van der Waals surface area contributed by atoms with E-state index in [9.17, 15) is 14.4 Å². The maximum absolute atomic E-state index is 10.6. The van der Waals surface area contributed by atoms with Gasteiger partial charge in [0.2, 0.25) is 0 Å². The molecule has 0 unspecified atom stereocenters. The van der Waals surface area contributed by atoms with Crippen LogP contribution in [-0.2, 0) is 14.3 Å². The Bertz CT molecular complexity index is 238. The van der Waals surface area contributed by atoms with Crippen LogP contribution in [0.4, 0.5) is 4.79 Å². The van der Waals surface area contributed by atoms with Gasteiger partial charge in [-0.25, -0.2) is 9.59 Å². The highest BCUT2D eigenvalue weighted by molar-refractivity contribution is 5.80. The standard InChI is InChI=1S/C7H11NO6/c1-14-7(13)8-4(6(11)12)2-3-5(9)10/h4H,2-3H2,1H3,(H,8,13)(H,9,10)(H,11,12)/t4-/m0/s1. The fraction of sp³-hybridized carbons (Fsp3) is 0.571. The quantitative estimate of drug-likeness (QED) is 0.565. The molecule has 0 rings (SSSR count). The van der Waals surface area contributed by atoms with Crippen LogP contribution in [0.2, 0.25) is 0 Å². The maximum atomic E-state index is 10.6. The van der Waals surface area contributed by atoms with Crippen LogP contribution in [0, 0.1) is 0 Å². The molecule has 80 valence electrons. The largest absolute Gasteiger partial charge is 0.481 e. The highest BCUT2D eigenvalue weighted by Gasteiger charge is 2.20. The Morgan fingerprint density at radius 3 is 2.29 bits per heavy atom. The predicted molar refractivity (Wildman–Crippen MR) is 43.8 cm³/mol. The molecule has 14 heavy (non-hydrogen) atoms. The molecule has 0 radical (unpaired) electrons. The van der Waals surface area contributed by atoms with Crippen LogP contribution in [0.15, 0.2) is 0 Å². The molecule has 0 aliphatic rings.